The minimum atomic E-state index is 0.509. The van der Waals surface area contributed by atoms with Gasteiger partial charge in [0, 0.05) is 27.6 Å². The molecule has 0 aliphatic rings. The van der Waals surface area contributed by atoms with Gasteiger partial charge in [0.2, 0.25) is 5.82 Å². The predicted octanol–water partition coefficient (Wildman–Crippen LogP) is 8.17. The Labute approximate surface area is 208 Å². The number of benzene rings is 5. The molecule has 0 unspecified atom stereocenters. The Kier molecular flexibility index (Phi) is 4.74. The molecule has 0 atom stereocenters. The third-order valence-electron chi connectivity index (χ3n) is 6.61. The highest BCUT2D eigenvalue weighted by molar-refractivity contribution is 6.10. The van der Waals surface area contributed by atoms with Gasteiger partial charge in [-0.3, -0.25) is 0 Å². The van der Waals surface area contributed by atoms with Crippen LogP contribution < -0.4 is 0 Å². The predicted molar refractivity (Wildman–Crippen MR) is 145 cm³/mol. The quantitative estimate of drug-likeness (QED) is 0.264. The normalized spacial score (nSPS) is 11.3. The second kappa shape index (κ2) is 8.36. The fourth-order valence-corrected chi connectivity index (χ4v) is 4.86. The summed E-state index contributed by atoms with van der Waals surface area (Å²) in [5.41, 5.74) is 7.69. The van der Waals surface area contributed by atoms with Crippen molar-refractivity contribution in [1.82, 2.24) is 14.7 Å². The van der Waals surface area contributed by atoms with Gasteiger partial charge in [0.1, 0.15) is 0 Å². The number of hydrogen-bond acceptors (Lipinski definition) is 3. The van der Waals surface area contributed by atoms with Gasteiger partial charge in [-0.25, -0.2) is 0 Å². The molecule has 0 saturated heterocycles. The van der Waals surface area contributed by atoms with Crippen LogP contribution in [0.3, 0.4) is 0 Å². The van der Waals surface area contributed by atoms with Crippen LogP contribution in [0.2, 0.25) is 0 Å². The van der Waals surface area contributed by atoms with Gasteiger partial charge in [0.25, 0.3) is 5.89 Å². The number of nitrogens with zero attached hydrogens (tertiary/aromatic N) is 3. The van der Waals surface area contributed by atoms with Crippen molar-refractivity contribution >= 4 is 21.8 Å². The summed E-state index contributed by atoms with van der Waals surface area (Å²) in [6.45, 7) is 0. The fraction of sp³-hybridized carbons (Fsp3) is 0. The molecule has 36 heavy (non-hydrogen) atoms. The monoisotopic (exact) mass is 463 g/mol. The summed E-state index contributed by atoms with van der Waals surface area (Å²) in [4.78, 5) is 4.60. The highest BCUT2D eigenvalue weighted by Crippen LogP contribution is 2.35. The van der Waals surface area contributed by atoms with Crippen LogP contribution >= 0.6 is 0 Å². The van der Waals surface area contributed by atoms with Crippen LogP contribution in [-0.2, 0) is 0 Å². The van der Waals surface area contributed by atoms with E-state index in [-0.39, 0.29) is 0 Å². The third kappa shape index (κ3) is 3.39. The van der Waals surface area contributed by atoms with Gasteiger partial charge in [0.05, 0.1) is 11.0 Å². The number of para-hydroxylation sites is 1. The van der Waals surface area contributed by atoms with E-state index in [1.165, 1.54) is 32.9 Å². The highest BCUT2D eigenvalue weighted by atomic mass is 16.5. The summed E-state index contributed by atoms with van der Waals surface area (Å²) < 4.78 is 7.88. The van der Waals surface area contributed by atoms with Gasteiger partial charge >= 0.3 is 0 Å². The first-order chi connectivity index (χ1) is 17.8. The van der Waals surface area contributed by atoms with Crippen LogP contribution in [0.4, 0.5) is 0 Å². The largest absolute Gasteiger partial charge is 0.334 e. The molecular weight excluding hydrogens is 442 g/mol. The Balaban J connectivity index is 1.31. The van der Waals surface area contributed by atoms with Crippen LogP contribution in [0.25, 0.3) is 61.5 Å². The Bertz CT molecular complexity index is 1820. The van der Waals surface area contributed by atoms with Crippen molar-refractivity contribution in [1.29, 1.82) is 0 Å². The summed E-state index contributed by atoms with van der Waals surface area (Å²) in [7, 11) is 0. The van der Waals surface area contributed by atoms with Gasteiger partial charge in [-0.05, 0) is 53.6 Å². The lowest BCUT2D eigenvalue weighted by molar-refractivity contribution is 0.432. The van der Waals surface area contributed by atoms with E-state index in [0.717, 1.165) is 16.8 Å². The van der Waals surface area contributed by atoms with Crippen LogP contribution in [-0.4, -0.2) is 14.7 Å². The van der Waals surface area contributed by atoms with Gasteiger partial charge in [-0.1, -0.05) is 90.1 Å². The molecule has 0 radical (unpaired) electrons. The molecule has 0 amide bonds. The lowest BCUT2D eigenvalue weighted by Crippen LogP contribution is -1.93. The Hall–Kier alpha value is -4.96. The molecule has 2 aromatic heterocycles. The van der Waals surface area contributed by atoms with Crippen molar-refractivity contribution in [3.63, 3.8) is 0 Å². The van der Waals surface area contributed by atoms with E-state index in [2.05, 4.69) is 93.6 Å². The van der Waals surface area contributed by atoms with E-state index < -0.39 is 0 Å². The number of aromatic nitrogens is 3. The van der Waals surface area contributed by atoms with Crippen LogP contribution in [0.1, 0.15) is 0 Å². The molecule has 0 fully saturated rings. The molecule has 0 aliphatic carbocycles. The van der Waals surface area contributed by atoms with Crippen molar-refractivity contribution in [2.45, 2.75) is 0 Å². The molecule has 5 aromatic carbocycles. The van der Waals surface area contributed by atoms with Crippen LogP contribution in [0, 0.1) is 0 Å². The zero-order valence-corrected chi connectivity index (χ0v) is 19.4. The molecule has 7 rings (SSSR count). The molecule has 0 N–H and O–H groups in total. The first kappa shape index (κ1) is 20.4. The summed E-state index contributed by atoms with van der Waals surface area (Å²) in [6.07, 6.45) is 0. The highest BCUT2D eigenvalue weighted by Gasteiger charge is 2.14. The molecule has 4 heteroatoms. The maximum atomic E-state index is 5.56. The zero-order valence-electron chi connectivity index (χ0n) is 19.4. The van der Waals surface area contributed by atoms with Crippen molar-refractivity contribution < 1.29 is 4.52 Å². The van der Waals surface area contributed by atoms with E-state index in [9.17, 15) is 0 Å². The first-order valence-corrected chi connectivity index (χ1v) is 11.9. The number of rotatable bonds is 4. The maximum Gasteiger partial charge on any atom is 0.258 e. The smallest absolute Gasteiger partial charge is 0.258 e. The Morgan fingerprint density at radius 3 is 1.92 bits per heavy atom. The fourth-order valence-electron chi connectivity index (χ4n) is 4.86. The molecule has 0 bridgehead atoms. The maximum absolute atomic E-state index is 5.56. The molecule has 7 aromatic rings. The summed E-state index contributed by atoms with van der Waals surface area (Å²) in [5.74, 6) is 1.10. The topological polar surface area (TPSA) is 43.9 Å². The van der Waals surface area contributed by atoms with Crippen LogP contribution in [0.5, 0.6) is 0 Å². The lowest BCUT2D eigenvalue weighted by atomic mass is 10.0. The van der Waals surface area contributed by atoms with Gasteiger partial charge in [-0.15, -0.1) is 0 Å². The van der Waals surface area contributed by atoms with Gasteiger partial charge < -0.3 is 9.09 Å². The second-order valence-corrected chi connectivity index (χ2v) is 8.79. The van der Waals surface area contributed by atoms with Crippen LogP contribution in [0.15, 0.2) is 132 Å². The van der Waals surface area contributed by atoms with Gasteiger partial charge in [-0.2, -0.15) is 4.98 Å². The Morgan fingerprint density at radius 1 is 0.500 bits per heavy atom. The molecule has 170 valence electrons. The third-order valence-corrected chi connectivity index (χ3v) is 6.61. The van der Waals surface area contributed by atoms with Crippen molar-refractivity contribution in [3.8, 4) is 39.7 Å². The molecule has 0 saturated carbocycles. The number of hydrogen-bond donors (Lipinski definition) is 0. The second-order valence-electron chi connectivity index (χ2n) is 8.79. The van der Waals surface area contributed by atoms with E-state index in [4.69, 9.17) is 4.52 Å². The van der Waals surface area contributed by atoms with Crippen molar-refractivity contribution in [2.24, 2.45) is 0 Å². The molecule has 0 aliphatic heterocycles. The standard InChI is InChI=1S/C32H21N3O/c1-3-9-22(10-4-1)25-17-20-30-28(21-25)27-13-7-8-14-29(27)35(30)26-18-15-24(16-19-26)32-33-31(34-36-32)23-11-5-2-6-12-23/h1-21H. The van der Waals surface area contributed by atoms with Crippen molar-refractivity contribution in [3.05, 3.63) is 127 Å². The van der Waals surface area contributed by atoms with E-state index in [1.54, 1.807) is 0 Å². The average molecular weight is 464 g/mol. The molecule has 4 nitrogen and oxygen atoms in total. The molecular formula is C32H21N3O. The average Bonchev–Trinajstić information content (AvgIpc) is 3.58. The van der Waals surface area contributed by atoms with Crippen molar-refractivity contribution in [2.75, 3.05) is 0 Å². The summed E-state index contributed by atoms with van der Waals surface area (Å²) in [6, 6.07) is 43.9. The summed E-state index contributed by atoms with van der Waals surface area (Å²) in [5, 5.41) is 6.63. The SMILES string of the molecule is c1ccc(-c2ccc3c(c2)c2ccccc2n3-c2ccc(-c3nc(-c4ccccc4)no3)cc2)cc1. The minimum absolute atomic E-state index is 0.509. The van der Waals surface area contributed by atoms with E-state index >= 15 is 0 Å². The van der Waals surface area contributed by atoms with E-state index in [1.807, 2.05) is 48.5 Å². The Morgan fingerprint density at radius 2 is 1.14 bits per heavy atom. The van der Waals surface area contributed by atoms with Gasteiger partial charge in [0.15, 0.2) is 0 Å². The molecule has 0 spiro atoms. The minimum Gasteiger partial charge on any atom is -0.334 e. The summed E-state index contributed by atoms with van der Waals surface area (Å²) >= 11 is 0. The molecule has 2 heterocycles. The number of fused-ring (bicyclic) bond motifs is 3. The first-order valence-electron chi connectivity index (χ1n) is 11.9. The lowest BCUT2D eigenvalue weighted by Gasteiger charge is -2.09. The zero-order chi connectivity index (χ0) is 23.9. The van der Waals surface area contributed by atoms with E-state index in [0.29, 0.717) is 11.7 Å².